The maximum Gasteiger partial charge on any atom is 0.0217 e. The number of piperidine rings is 1. The van der Waals surface area contributed by atoms with E-state index in [4.69, 9.17) is 0 Å². The van der Waals surface area contributed by atoms with Crippen molar-refractivity contribution in [3.8, 4) is 0 Å². The lowest BCUT2D eigenvalue weighted by Crippen LogP contribution is -2.61. The Hall–Kier alpha value is -0.820. The number of likely N-dealkylation sites (tertiary alicyclic amines) is 1. The van der Waals surface area contributed by atoms with Crippen LogP contribution in [0.4, 0.5) is 0 Å². The van der Waals surface area contributed by atoms with Crippen LogP contribution in [-0.4, -0.2) is 23.5 Å². The Bertz CT molecular complexity index is 491. The molecule has 1 heteroatoms. The van der Waals surface area contributed by atoms with Gasteiger partial charge in [0.15, 0.2) is 0 Å². The molecule has 1 saturated heterocycles. The molecule has 1 aromatic rings. The summed E-state index contributed by atoms with van der Waals surface area (Å²) in [6.45, 7) is 2.71. The molecule has 6 rings (SSSR count). The first-order chi connectivity index (χ1) is 10.8. The molecule has 4 aliphatic carbocycles. The van der Waals surface area contributed by atoms with E-state index in [-0.39, 0.29) is 0 Å². The van der Waals surface area contributed by atoms with Crippen LogP contribution in [-0.2, 0) is 0 Å². The summed E-state index contributed by atoms with van der Waals surface area (Å²) in [6, 6.07) is 11.2. The van der Waals surface area contributed by atoms with Crippen molar-refractivity contribution in [2.45, 2.75) is 62.8 Å². The van der Waals surface area contributed by atoms with Crippen LogP contribution < -0.4 is 0 Å². The largest absolute Gasteiger partial charge is 0.298 e. The van der Waals surface area contributed by atoms with Crippen LogP contribution in [0.15, 0.2) is 30.3 Å². The highest BCUT2D eigenvalue weighted by Crippen LogP contribution is 2.58. The predicted molar refractivity (Wildman–Crippen MR) is 90.9 cm³/mol. The molecule has 22 heavy (non-hydrogen) atoms. The molecule has 5 fully saturated rings. The number of benzene rings is 1. The lowest BCUT2D eigenvalue weighted by atomic mass is 9.52. The van der Waals surface area contributed by atoms with Crippen LogP contribution in [0, 0.1) is 17.8 Å². The Morgan fingerprint density at radius 1 is 0.773 bits per heavy atom. The first kappa shape index (κ1) is 13.6. The second kappa shape index (κ2) is 5.09. The standard InChI is InChI=1S/C21H29N/c1-2-4-19(5-3-1)20-6-8-22(9-7-20)21-13-16-10-17(14-21)12-18(11-16)15-21/h1-5,16-18,20H,6-15H2. The van der Waals surface area contributed by atoms with Gasteiger partial charge >= 0.3 is 0 Å². The van der Waals surface area contributed by atoms with Crippen molar-refractivity contribution >= 4 is 0 Å². The molecule has 0 radical (unpaired) electrons. The zero-order valence-corrected chi connectivity index (χ0v) is 13.7. The molecule has 5 aliphatic rings. The monoisotopic (exact) mass is 295 g/mol. The van der Waals surface area contributed by atoms with E-state index in [1.54, 1.807) is 24.8 Å². The van der Waals surface area contributed by atoms with E-state index >= 15 is 0 Å². The number of nitrogens with zero attached hydrogens (tertiary/aromatic N) is 1. The predicted octanol–water partition coefficient (Wildman–Crippen LogP) is 4.83. The zero-order valence-electron chi connectivity index (χ0n) is 13.7. The third-order valence-electron chi connectivity index (χ3n) is 7.44. The van der Waals surface area contributed by atoms with Gasteiger partial charge in [0, 0.05) is 5.54 Å². The van der Waals surface area contributed by atoms with Gasteiger partial charge in [-0.1, -0.05) is 30.3 Å². The summed E-state index contributed by atoms with van der Waals surface area (Å²) in [5, 5.41) is 0. The Morgan fingerprint density at radius 2 is 1.32 bits per heavy atom. The summed E-state index contributed by atoms with van der Waals surface area (Å²) in [5.74, 6) is 4.06. The molecular weight excluding hydrogens is 266 g/mol. The fraction of sp³-hybridized carbons (Fsp3) is 0.714. The lowest BCUT2D eigenvalue weighted by molar-refractivity contribution is -0.0956. The SMILES string of the molecule is c1ccc(C2CCN(C34CC5CC(CC(C5)C3)C4)CC2)cc1. The van der Waals surface area contributed by atoms with Crippen molar-refractivity contribution in [1.29, 1.82) is 0 Å². The van der Waals surface area contributed by atoms with Gasteiger partial charge in [-0.3, -0.25) is 4.90 Å². The van der Waals surface area contributed by atoms with Gasteiger partial charge in [0.05, 0.1) is 0 Å². The minimum absolute atomic E-state index is 0.635. The van der Waals surface area contributed by atoms with E-state index in [2.05, 4.69) is 35.2 Å². The van der Waals surface area contributed by atoms with E-state index in [1.807, 2.05) is 0 Å². The third-order valence-corrected chi connectivity index (χ3v) is 7.44. The topological polar surface area (TPSA) is 3.24 Å². The molecule has 118 valence electrons. The molecule has 1 aromatic carbocycles. The highest BCUT2D eigenvalue weighted by molar-refractivity contribution is 5.20. The molecule has 0 spiro atoms. The van der Waals surface area contributed by atoms with E-state index < -0.39 is 0 Å². The Labute approximate surface area is 135 Å². The average molecular weight is 295 g/mol. The minimum atomic E-state index is 0.635. The molecule has 1 nitrogen and oxygen atoms in total. The van der Waals surface area contributed by atoms with Gasteiger partial charge in [-0.15, -0.1) is 0 Å². The smallest absolute Gasteiger partial charge is 0.0217 e. The Balaban J connectivity index is 1.30. The Morgan fingerprint density at radius 3 is 1.86 bits per heavy atom. The van der Waals surface area contributed by atoms with Crippen molar-refractivity contribution in [3.63, 3.8) is 0 Å². The van der Waals surface area contributed by atoms with Crippen molar-refractivity contribution < 1.29 is 0 Å². The van der Waals surface area contributed by atoms with E-state index in [1.165, 1.54) is 45.2 Å². The molecular formula is C21H29N. The van der Waals surface area contributed by atoms with Gasteiger partial charge < -0.3 is 0 Å². The molecule has 0 aromatic heterocycles. The molecule has 4 bridgehead atoms. The van der Waals surface area contributed by atoms with E-state index in [9.17, 15) is 0 Å². The number of hydrogen-bond donors (Lipinski definition) is 0. The highest BCUT2D eigenvalue weighted by Gasteiger charge is 2.53. The van der Waals surface area contributed by atoms with Gasteiger partial charge in [0.2, 0.25) is 0 Å². The summed E-state index contributed by atoms with van der Waals surface area (Å²) < 4.78 is 0. The van der Waals surface area contributed by atoms with Crippen molar-refractivity contribution in [2.24, 2.45) is 17.8 Å². The molecule has 1 heterocycles. The zero-order chi connectivity index (χ0) is 14.6. The van der Waals surface area contributed by atoms with Gasteiger partial charge in [0.25, 0.3) is 0 Å². The van der Waals surface area contributed by atoms with Crippen LogP contribution in [0.2, 0.25) is 0 Å². The summed E-state index contributed by atoms with van der Waals surface area (Å²) in [5.41, 5.74) is 2.21. The van der Waals surface area contributed by atoms with Gasteiger partial charge in [0.1, 0.15) is 0 Å². The summed E-state index contributed by atoms with van der Waals surface area (Å²) >= 11 is 0. The second-order valence-electron chi connectivity index (χ2n) is 8.81. The van der Waals surface area contributed by atoms with E-state index in [0.717, 1.165) is 23.7 Å². The van der Waals surface area contributed by atoms with Gasteiger partial charge in [-0.25, -0.2) is 0 Å². The highest BCUT2D eigenvalue weighted by atomic mass is 15.2. The third kappa shape index (κ3) is 2.16. The molecule has 1 aliphatic heterocycles. The van der Waals surface area contributed by atoms with Crippen LogP contribution in [0.3, 0.4) is 0 Å². The fourth-order valence-corrected chi connectivity index (χ4v) is 6.86. The molecule has 4 saturated carbocycles. The van der Waals surface area contributed by atoms with E-state index in [0.29, 0.717) is 5.54 Å². The van der Waals surface area contributed by atoms with Crippen molar-refractivity contribution in [3.05, 3.63) is 35.9 Å². The maximum atomic E-state index is 2.96. The van der Waals surface area contributed by atoms with Crippen LogP contribution in [0.5, 0.6) is 0 Å². The first-order valence-corrected chi connectivity index (χ1v) is 9.61. The van der Waals surface area contributed by atoms with Gasteiger partial charge in [-0.05, 0) is 93.7 Å². The average Bonchev–Trinajstić information content (AvgIpc) is 2.55. The molecule has 0 N–H and O–H groups in total. The van der Waals surface area contributed by atoms with Crippen LogP contribution in [0.1, 0.15) is 62.8 Å². The number of hydrogen-bond acceptors (Lipinski definition) is 1. The number of rotatable bonds is 2. The van der Waals surface area contributed by atoms with Crippen LogP contribution in [0.25, 0.3) is 0 Å². The molecule has 0 amide bonds. The fourth-order valence-electron chi connectivity index (χ4n) is 6.86. The van der Waals surface area contributed by atoms with Crippen LogP contribution >= 0.6 is 0 Å². The van der Waals surface area contributed by atoms with Gasteiger partial charge in [-0.2, -0.15) is 0 Å². The maximum absolute atomic E-state index is 2.96. The second-order valence-corrected chi connectivity index (χ2v) is 8.81. The molecule has 0 atom stereocenters. The summed E-state index contributed by atoms with van der Waals surface area (Å²) in [6.07, 6.45) is 12.1. The first-order valence-electron chi connectivity index (χ1n) is 9.61. The molecule has 0 unspecified atom stereocenters. The quantitative estimate of drug-likeness (QED) is 0.755. The summed E-state index contributed by atoms with van der Waals surface area (Å²) in [7, 11) is 0. The Kier molecular flexibility index (Phi) is 3.15. The van der Waals surface area contributed by atoms with Crippen molar-refractivity contribution in [2.75, 3.05) is 13.1 Å². The minimum Gasteiger partial charge on any atom is -0.298 e. The lowest BCUT2D eigenvalue weighted by Gasteiger charge is -2.61. The summed E-state index contributed by atoms with van der Waals surface area (Å²) in [4.78, 5) is 2.96. The van der Waals surface area contributed by atoms with Crippen molar-refractivity contribution in [1.82, 2.24) is 4.90 Å². The normalized spacial score (nSPS) is 41.9.